The molecule has 4 rings (SSSR count). The highest BCUT2D eigenvalue weighted by atomic mass is 19.4. The molecule has 2 aliphatic heterocycles. The SMILES string of the molecule is COc1cc2c(cc1C=O)C(C)(C(F)(F)F)OC2.COc1ccc2c(c1)COC2(C)C(F)(F)F. The quantitative estimate of drug-likeness (QED) is 0.400. The lowest BCUT2D eigenvalue weighted by atomic mass is 9.91. The zero-order chi connectivity index (χ0) is 25.5. The van der Waals surface area contributed by atoms with Crippen molar-refractivity contribution in [1.82, 2.24) is 0 Å². The Morgan fingerprint density at radius 2 is 1.35 bits per heavy atom. The fourth-order valence-electron chi connectivity index (χ4n) is 3.82. The number of carbonyl (C=O) groups excluding carboxylic acids is 1. The first kappa shape index (κ1) is 25.8. The molecule has 34 heavy (non-hydrogen) atoms. The number of aldehydes is 1. The molecule has 5 nitrogen and oxygen atoms in total. The van der Waals surface area contributed by atoms with E-state index in [9.17, 15) is 31.1 Å². The molecule has 186 valence electrons. The number of halogens is 6. The summed E-state index contributed by atoms with van der Waals surface area (Å²) in [6, 6.07) is 7.09. The van der Waals surface area contributed by atoms with Gasteiger partial charge in [-0.2, -0.15) is 26.3 Å². The lowest BCUT2D eigenvalue weighted by Crippen LogP contribution is -2.39. The van der Waals surface area contributed by atoms with Crippen LogP contribution in [0.2, 0.25) is 0 Å². The normalized spacial score (nSPS) is 23.5. The first-order valence-electron chi connectivity index (χ1n) is 9.97. The van der Waals surface area contributed by atoms with Crippen molar-refractivity contribution in [2.24, 2.45) is 0 Å². The second-order valence-electron chi connectivity index (χ2n) is 8.03. The molecule has 2 aromatic rings. The molecule has 0 aromatic heterocycles. The highest BCUT2D eigenvalue weighted by Gasteiger charge is 2.58. The summed E-state index contributed by atoms with van der Waals surface area (Å²) >= 11 is 0. The van der Waals surface area contributed by atoms with Crippen LogP contribution in [0.25, 0.3) is 0 Å². The summed E-state index contributed by atoms with van der Waals surface area (Å²) in [5.74, 6) is 0.785. The third kappa shape index (κ3) is 4.22. The molecule has 2 aromatic carbocycles. The zero-order valence-electron chi connectivity index (χ0n) is 18.7. The van der Waals surface area contributed by atoms with Crippen molar-refractivity contribution in [2.75, 3.05) is 14.2 Å². The number of hydrogen-bond donors (Lipinski definition) is 0. The maximum atomic E-state index is 13.0. The van der Waals surface area contributed by atoms with Crippen LogP contribution < -0.4 is 9.47 Å². The van der Waals surface area contributed by atoms with Crippen molar-refractivity contribution < 1.29 is 50.1 Å². The van der Waals surface area contributed by atoms with Gasteiger partial charge in [0, 0.05) is 0 Å². The fourth-order valence-corrected chi connectivity index (χ4v) is 3.82. The van der Waals surface area contributed by atoms with Crippen molar-refractivity contribution in [2.45, 2.75) is 50.6 Å². The topological polar surface area (TPSA) is 54.0 Å². The van der Waals surface area contributed by atoms with Gasteiger partial charge in [-0.05, 0) is 60.4 Å². The van der Waals surface area contributed by atoms with Crippen LogP contribution in [0.4, 0.5) is 26.3 Å². The second-order valence-corrected chi connectivity index (χ2v) is 8.03. The standard InChI is InChI=1S/C12H11F3O3.C11H11F3O2/c1-11(12(13,14)15)9-3-7(5-16)10(17-2)4-8(9)6-18-11;1-10(11(12,13)14)9-4-3-8(15-2)5-7(9)6-16-10/h3-5H,6H2,1-2H3;3-5H,6H2,1-2H3. The van der Waals surface area contributed by atoms with E-state index in [2.05, 4.69) is 0 Å². The molecule has 0 saturated heterocycles. The van der Waals surface area contributed by atoms with E-state index in [1.807, 2.05) is 0 Å². The predicted molar refractivity (Wildman–Crippen MR) is 108 cm³/mol. The number of ether oxygens (including phenoxy) is 4. The van der Waals surface area contributed by atoms with E-state index >= 15 is 0 Å². The maximum Gasteiger partial charge on any atom is 0.421 e. The van der Waals surface area contributed by atoms with Gasteiger partial charge in [-0.1, -0.05) is 6.07 Å². The third-order valence-electron chi connectivity index (χ3n) is 6.04. The largest absolute Gasteiger partial charge is 0.497 e. The number of rotatable bonds is 3. The van der Waals surface area contributed by atoms with E-state index in [-0.39, 0.29) is 35.7 Å². The number of hydrogen-bond acceptors (Lipinski definition) is 5. The molecular weight excluding hydrogens is 470 g/mol. The van der Waals surface area contributed by atoms with Crippen LogP contribution in [-0.2, 0) is 33.9 Å². The molecule has 0 fully saturated rings. The van der Waals surface area contributed by atoms with Crippen molar-refractivity contribution in [1.29, 1.82) is 0 Å². The zero-order valence-corrected chi connectivity index (χ0v) is 18.7. The van der Waals surface area contributed by atoms with Crippen LogP contribution in [0.5, 0.6) is 11.5 Å². The number of methoxy groups -OCH3 is 2. The Labute approximate surface area is 191 Å². The average Bonchev–Trinajstić information content (AvgIpc) is 3.31. The minimum atomic E-state index is -4.53. The van der Waals surface area contributed by atoms with Gasteiger partial charge in [0.1, 0.15) is 11.5 Å². The van der Waals surface area contributed by atoms with Crippen molar-refractivity contribution in [3.05, 3.63) is 58.1 Å². The number of alkyl halides is 6. The van der Waals surface area contributed by atoms with E-state index in [0.29, 0.717) is 23.2 Å². The van der Waals surface area contributed by atoms with Crippen molar-refractivity contribution >= 4 is 6.29 Å². The van der Waals surface area contributed by atoms with Gasteiger partial charge < -0.3 is 18.9 Å². The molecule has 2 atom stereocenters. The maximum absolute atomic E-state index is 13.0. The summed E-state index contributed by atoms with van der Waals surface area (Å²) in [5.41, 5.74) is -3.44. The van der Waals surface area contributed by atoms with Gasteiger partial charge in [-0.3, -0.25) is 4.79 Å². The van der Waals surface area contributed by atoms with Crippen LogP contribution in [0.15, 0.2) is 30.3 Å². The van der Waals surface area contributed by atoms with Crippen LogP contribution in [0.3, 0.4) is 0 Å². The molecule has 0 bridgehead atoms. The first-order valence-corrected chi connectivity index (χ1v) is 9.97. The fraction of sp³-hybridized carbons (Fsp3) is 0.435. The molecule has 11 heteroatoms. The summed E-state index contributed by atoms with van der Waals surface area (Å²) in [6.45, 7) is 1.81. The van der Waals surface area contributed by atoms with E-state index in [1.165, 1.54) is 38.5 Å². The number of carbonyl (C=O) groups is 1. The predicted octanol–water partition coefficient (Wildman–Crippen LogP) is 5.82. The molecule has 2 unspecified atom stereocenters. The number of benzene rings is 2. The van der Waals surface area contributed by atoms with E-state index < -0.39 is 23.6 Å². The van der Waals surface area contributed by atoms with Crippen LogP contribution in [-0.4, -0.2) is 32.9 Å². The summed E-state index contributed by atoms with van der Waals surface area (Å²) in [6.07, 6.45) is -8.48. The van der Waals surface area contributed by atoms with E-state index in [1.54, 1.807) is 6.07 Å². The van der Waals surface area contributed by atoms with Crippen molar-refractivity contribution in [3.8, 4) is 11.5 Å². The van der Waals surface area contributed by atoms with Gasteiger partial charge in [0.25, 0.3) is 0 Å². The number of fused-ring (bicyclic) bond motifs is 2. The molecular formula is C23H22F6O5. The molecule has 2 aliphatic rings. The Morgan fingerprint density at radius 1 is 0.824 bits per heavy atom. The molecule has 0 spiro atoms. The van der Waals surface area contributed by atoms with Gasteiger partial charge in [-0.15, -0.1) is 0 Å². The first-order chi connectivity index (χ1) is 15.7. The van der Waals surface area contributed by atoms with Gasteiger partial charge in [0.05, 0.1) is 33.0 Å². The van der Waals surface area contributed by atoms with Gasteiger partial charge in [0.15, 0.2) is 17.5 Å². The van der Waals surface area contributed by atoms with Crippen LogP contribution in [0.1, 0.15) is 46.5 Å². The van der Waals surface area contributed by atoms with Crippen molar-refractivity contribution in [3.63, 3.8) is 0 Å². The monoisotopic (exact) mass is 492 g/mol. The lowest BCUT2D eigenvalue weighted by molar-refractivity contribution is -0.272. The molecule has 0 saturated carbocycles. The average molecular weight is 492 g/mol. The summed E-state index contributed by atoms with van der Waals surface area (Å²) < 4.78 is 97.2. The third-order valence-corrected chi connectivity index (χ3v) is 6.04. The summed E-state index contributed by atoms with van der Waals surface area (Å²) in [5, 5.41) is 0. The molecule has 0 radical (unpaired) electrons. The summed E-state index contributed by atoms with van der Waals surface area (Å²) in [4.78, 5) is 10.8. The highest BCUT2D eigenvalue weighted by molar-refractivity contribution is 5.80. The van der Waals surface area contributed by atoms with Gasteiger partial charge >= 0.3 is 12.4 Å². The van der Waals surface area contributed by atoms with E-state index in [4.69, 9.17) is 18.9 Å². The minimum Gasteiger partial charge on any atom is -0.497 e. The molecule has 0 amide bonds. The Balaban J connectivity index is 0.000000192. The van der Waals surface area contributed by atoms with E-state index in [0.717, 1.165) is 13.8 Å². The summed E-state index contributed by atoms with van der Waals surface area (Å²) in [7, 11) is 2.83. The van der Waals surface area contributed by atoms with Crippen LogP contribution in [0, 0.1) is 0 Å². The van der Waals surface area contributed by atoms with Gasteiger partial charge in [-0.25, -0.2) is 0 Å². The smallest absolute Gasteiger partial charge is 0.421 e. The second kappa shape index (κ2) is 8.77. The Morgan fingerprint density at radius 3 is 1.82 bits per heavy atom. The lowest BCUT2D eigenvalue weighted by Gasteiger charge is -2.27. The molecule has 0 aliphatic carbocycles. The minimum absolute atomic E-state index is 0.0297. The van der Waals surface area contributed by atoms with Gasteiger partial charge in [0.2, 0.25) is 0 Å². The Hall–Kier alpha value is -2.79. The van der Waals surface area contributed by atoms with Crippen LogP contribution >= 0.6 is 0 Å². The highest BCUT2D eigenvalue weighted by Crippen LogP contribution is 2.49. The Bertz CT molecular complexity index is 1080. The Kier molecular flexibility index (Phi) is 6.66. The molecule has 0 N–H and O–H groups in total. The molecule has 2 heterocycles.